The van der Waals surface area contributed by atoms with E-state index in [-0.39, 0.29) is 27.4 Å². The van der Waals surface area contributed by atoms with E-state index in [2.05, 4.69) is 0 Å². The van der Waals surface area contributed by atoms with Crippen molar-refractivity contribution in [2.45, 2.75) is 4.90 Å². The second-order valence-electron chi connectivity index (χ2n) is 6.68. The van der Waals surface area contributed by atoms with E-state index in [0.29, 0.717) is 22.9 Å². The van der Waals surface area contributed by atoms with Gasteiger partial charge >= 0.3 is 0 Å². The molecule has 0 aliphatic rings. The molecule has 1 aromatic heterocycles. The Morgan fingerprint density at radius 3 is 2.39 bits per heavy atom. The van der Waals surface area contributed by atoms with Gasteiger partial charge in [0.15, 0.2) is 6.29 Å². The number of non-ortho nitro benzene ring substituents is 1. The minimum atomic E-state index is -4.09. The summed E-state index contributed by atoms with van der Waals surface area (Å²) < 4.78 is 33.5. The second kappa shape index (κ2) is 7.69. The summed E-state index contributed by atoms with van der Waals surface area (Å²) in [4.78, 5) is 22.4. The molecule has 0 atom stereocenters. The van der Waals surface area contributed by atoms with Gasteiger partial charge in [-0.15, -0.1) is 0 Å². The zero-order valence-corrected chi connectivity index (χ0v) is 17.1. The fourth-order valence-electron chi connectivity index (χ4n) is 3.42. The molecule has 0 N–H and O–H groups in total. The monoisotopic (exact) mass is 436 g/mol. The highest BCUT2D eigenvalue weighted by molar-refractivity contribution is 7.90. The molecule has 0 saturated heterocycles. The summed E-state index contributed by atoms with van der Waals surface area (Å²) in [5, 5.41) is 11.9. The number of aromatic nitrogens is 1. The number of carbonyl (C=O) groups excluding carboxylic acids is 1. The molecule has 4 aromatic rings. The van der Waals surface area contributed by atoms with Gasteiger partial charge in [0.25, 0.3) is 15.7 Å². The summed E-state index contributed by atoms with van der Waals surface area (Å²) >= 11 is 0. The Bertz CT molecular complexity index is 1430. The van der Waals surface area contributed by atoms with Crippen molar-refractivity contribution in [3.63, 3.8) is 0 Å². The van der Waals surface area contributed by atoms with Crippen molar-refractivity contribution in [2.24, 2.45) is 0 Å². The summed E-state index contributed by atoms with van der Waals surface area (Å²) in [6.45, 7) is 0. The van der Waals surface area contributed by atoms with Crippen LogP contribution in [0.1, 0.15) is 10.4 Å². The van der Waals surface area contributed by atoms with E-state index >= 15 is 0 Å². The zero-order chi connectivity index (χ0) is 22.2. The molecule has 3 aromatic carbocycles. The highest BCUT2D eigenvalue weighted by atomic mass is 32.2. The third kappa shape index (κ3) is 3.44. The maximum absolute atomic E-state index is 13.6. The van der Waals surface area contributed by atoms with E-state index in [1.165, 1.54) is 37.4 Å². The summed E-state index contributed by atoms with van der Waals surface area (Å²) in [7, 11) is -2.60. The summed E-state index contributed by atoms with van der Waals surface area (Å²) in [6, 6.07) is 18.0. The van der Waals surface area contributed by atoms with Gasteiger partial charge in [-0.3, -0.25) is 14.9 Å². The predicted molar refractivity (Wildman–Crippen MR) is 115 cm³/mol. The molecule has 1 heterocycles. The Kier molecular flexibility index (Phi) is 5.04. The number of fused-ring (bicyclic) bond motifs is 1. The Morgan fingerprint density at radius 2 is 1.74 bits per heavy atom. The molecule has 0 unspecified atom stereocenters. The summed E-state index contributed by atoms with van der Waals surface area (Å²) in [5.74, 6) is 0.517. The molecular weight excluding hydrogens is 420 g/mol. The molecule has 0 saturated carbocycles. The van der Waals surface area contributed by atoms with E-state index in [4.69, 9.17) is 4.74 Å². The van der Waals surface area contributed by atoms with Crippen molar-refractivity contribution >= 4 is 32.9 Å². The van der Waals surface area contributed by atoms with Crippen LogP contribution in [0.4, 0.5) is 5.69 Å². The van der Waals surface area contributed by atoms with Gasteiger partial charge in [0.2, 0.25) is 0 Å². The van der Waals surface area contributed by atoms with Gasteiger partial charge < -0.3 is 4.74 Å². The fourth-order valence-corrected chi connectivity index (χ4v) is 4.97. The number of nitrogens with zero attached hydrogens (tertiary/aromatic N) is 2. The molecule has 0 spiro atoms. The van der Waals surface area contributed by atoms with Crippen molar-refractivity contribution in [1.29, 1.82) is 0 Å². The van der Waals surface area contributed by atoms with Crippen LogP contribution in [-0.2, 0) is 10.0 Å². The first-order valence-corrected chi connectivity index (χ1v) is 10.5. The second-order valence-corrected chi connectivity index (χ2v) is 8.47. The average molecular weight is 436 g/mol. The number of rotatable bonds is 6. The third-order valence-corrected chi connectivity index (χ3v) is 6.64. The molecule has 8 nitrogen and oxygen atoms in total. The molecule has 0 aliphatic heterocycles. The maximum Gasteiger partial charge on any atom is 0.270 e. The van der Waals surface area contributed by atoms with Gasteiger partial charge in [-0.05, 0) is 42.5 Å². The van der Waals surface area contributed by atoms with Crippen molar-refractivity contribution < 1.29 is 22.9 Å². The number of aldehydes is 1. The molecule has 0 aliphatic carbocycles. The quantitative estimate of drug-likeness (QED) is 0.254. The third-order valence-electron chi connectivity index (χ3n) is 4.90. The van der Waals surface area contributed by atoms with Crippen molar-refractivity contribution in [3.05, 3.63) is 88.5 Å². The number of nitro benzene ring substituents is 1. The van der Waals surface area contributed by atoms with E-state index < -0.39 is 14.9 Å². The van der Waals surface area contributed by atoms with Gasteiger partial charge in [0.05, 0.1) is 28.1 Å². The normalized spacial score (nSPS) is 11.4. The number of benzene rings is 3. The van der Waals surface area contributed by atoms with Crippen molar-refractivity contribution in [2.75, 3.05) is 7.11 Å². The number of carbonyl (C=O) groups is 1. The standard InChI is InChI=1S/C22H16N2O6S/c1-30-18-9-10-21-16(11-18)12-22(20-13-17(24(26)27)8-7-15(20)14-25)23(21)31(28,29)19-5-3-2-4-6-19/h2-14H,1H3. The zero-order valence-electron chi connectivity index (χ0n) is 16.3. The number of methoxy groups -OCH3 is 1. The van der Waals surface area contributed by atoms with Crippen LogP contribution in [0.3, 0.4) is 0 Å². The lowest BCUT2D eigenvalue weighted by Crippen LogP contribution is -2.14. The van der Waals surface area contributed by atoms with E-state index in [9.17, 15) is 23.3 Å². The minimum Gasteiger partial charge on any atom is -0.497 e. The smallest absolute Gasteiger partial charge is 0.270 e. The first-order valence-electron chi connectivity index (χ1n) is 9.11. The summed E-state index contributed by atoms with van der Waals surface area (Å²) in [5.41, 5.74) is 0.497. The fraction of sp³-hybridized carbons (Fsp3) is 0.0455. The Hall–Kier alpha value is -3.98. The molecule has 9 heteroatoms. The average Bonchev–Trinajstić information content (AvgIpc) is 3.18. The highest BCUT2D eigenvalue weighted by Crippen LogP contribution is 2.36. The Balaban J connectivity index is 2.12. The molecule has 4 rings (SSSR count). The van der Waals surface area contributed by atoms with E-state index in [0.717, 1.165) is 3.97 Å². The molecule has 0 bridgehead atoms. The highest BCUT2D eigenvalue weighted by Gasteiger charge is 2.26. The predicted octanol–water partition coefficient (Wildman–Crippen LogP) is 4.27. The van der Waals surface area contributed by atoms with Crippen LogP contribution in [0.5, 0.6) is 5.75 Å². The summed E-state index contributed by atoms with van der Waals surface area (Å²) in [6.07, 6.45) is 0.538. The minimum absolute atomic E-state index is 0.0441. The van der Waals surface area contributed by atoms with Gasteiger partial charge in [0.1, 0.15) is 5.75 Å². The Morgan fingerprint density at radius 1 is 1.00 bits per heavy atom. The lowest BCUT2D eigenvalue weighted by atomic mass is 10.0. The largest absolute Gasteiger partial charge is 0.497 e. The molecule has 0 amide bonds. The van der Waals surface area contributed by atoms with Gasteiger partial charge in [-0.25, -0.2) is 12.4 Å². The topological polar surface area (TPSA) is 109 Å². The molecule has 0 fully saturated rings. The molecular formula is C22H16N2O6S. The number of hydrogen-bond donors (Lipinski definition) is 0. The molecule has 31 heavy (non-hydrogen) atoms. The van der Waals surface area contributed by atoms with E-state index in [1.807, 2.05) is 0 Å². The van der Waals surface area contributed by atoms with Gasteiger partial charge in [0, 0.05) is 28.6 Å². The van der Waals surface area contributed by atoms with Crippen LogP contribution in [0.25, 0.3) is 22.2 Å². The maximum atomic E-state index is 13.6. The van der Waals surface area contributed by atoms with Gasteiger partial charge in [-0.1, -0.05) is 18.2 Å². The Labute approximate surface area is 177 Å². The first kappa shape index (κ1) is 20.3. The van der Waals surface area contributed by atoms with Crippen LogP contribution in [-0.4, -0.2) is 30.7 Å². The number of ether oxygens (including phenoxy) is 1. The van der Waals surface area contributed by atoms with Crippen LogP contribution in [0, 0.1) is 10.1 Å². The van der Waals surface area contributed by atoms with Crippen LogP contribution < -0.4 is 4.74 Å². The van der Waals surface area contributed by atoms with Crippen molar-refractivity contribution in [1.82, 2.24) is 3.97 Å². The lowest BCUT2D eigenvalue weighted by Gasteiger charge is -2.13. The molecule has 156 valence electrons. The van der Waals surface area contributed by atoms with E-state index in [1.54, 1.807) is 42.5 Å². The van der Waals surface area contributed by atoms with Gasteiger partial charge in [-0.2, -0.15) is 0 Å². The SMILES string of the molecule is COc1ccc2c(c1)cc(-c1cc([N+](=O)[O-])ccc1C=O)n2S(=O)(=O)c1ccccc1. The van der Waals surface area contributed by atoms with Crippen LogP contribution in [0.15, 0.2) is 77.7 Å². The molecule has 0 radical (unpaired) electrons. The van der Waals surface area contributed by atoms with Crippen molar-refractivity contribution in [3.8, 4) is 17.0 Å². The van der Waals surface area contributed by atoms with Crippen LogP contribution >= 0.6 is 0 Å². The number of nitro groups is 1. The van der Waals surface area contributed by atoms with Crippen LogP contribution in [0.2, 0.25) is 0 Å². The number of hydrogen-bond acceptors (Lipinski definition) is 6. The first-order chi connectivity index (χ1) is 14.9. The lowest BCUT2D eigenvalue weighted by molar-refractivity contribution is -0.384.